The number of ether oxygens (including phenoxy) is 1. The Morgan fingerprint density at radius 3 is 3.00 bits per heavy atom. The first-order valence-electron chi connectivity index (χ1n) is 5.98. The Morgan fingerprint density at radius 2 is 2.31 bits per heavy atom. The van der Waals surface area contributed by atoms with E-state index in [1.807, 2.05) is 12.6 Å². The Kier molecular flexibility index (Phi) is 4.32. The quantitative estimate of drug-likeness (QED) is 0.878. The molecule has 1 saturated carbocycles. The molecule has 3 nitrogen and oxygen atoms in total. The molecular weight excluding hydrogens is 220 g/mol. The molecule has 1 heterocycles. The van der Waals surface area contributed by atoms with Crippen molar-refractivity contribution in [3.8, 4) is 0 Å². The van der Waals surface area contributed by atoms with Gasteiger partial charge in [-0.25, -0.2) is 4.98 Å². The van der Waals surface area contributed by atoms with Crippen LogP contribution in [0.3, 0.4) is 0 Å². The number of methoxy groups -OCH3 is 1. The molecule has 3 atom stereocenters. The van der Waals surface area contributed by atoms with Crippen LogP contribution in [0.5, 0.6) is 0 Å². The highest BCUT2D eigenvalue weighted by Gasteiger charge is 2.26. The predicted molar refractivity (Wildman–Crippen MR) is 66.7 cm³/mol. The molecule has 0 radical (unpaired) electrons. The molecule has 0 amide bonds. The zero-order valence-corrected chi connectivity index (χ0v) is 10.8. The average Bonchev–Trinajstić information content (AvgIpc) is 2.83. The van der Waals surface area contributed by atoms with Crippen LogP contribution in [0.15, 0.2) is 10.9 Å². The van der Waals surface area contributed by atoms with Gasteiger partial charge in [0, 0.05) is 24.6 Å². The fraction of sp³-hybridized carbons (Fsp3) is 0.750. The highest BCUT2D eigenvalue weighted by molar-refractivity contribution is 7.07. The number of rotatable bonds is 4. The van der Waals surface area contributed by atoms with E-state index in [9.17, 15) is 0 Å². The Bertz CT molecular complexity index is 302. The van der Waals surface area contributed by atoms with Gasteiger partial charge in [-0.15, -0.1) is 11.3 Å². The molecule has 1 aliphatic rings. The van der Waals surface area contributed by atoms with Crippen molar-refractivity contribution in [1.82, 2.24) is 10.3 Å². The summed E-state index contributed by atoms with van der Waals surface area (Å²) in [5, 5.41) is 5.75. The standard InChI is InChI=1S/C12H20N2OS/c1-9(11-7-16-8-13-11)14-10-5-3-4-6-12(10)15-2/h7-10,12,14H,3-6H2,1-2H3. The fourth-order valence-corrected chi connectivity index (χ4v) is 3.06. The molecular formula is C12H20N2OS. The molecule has 90 valence electrons. The summed E-state index contributed by atoms with van der Waals surface area (Å²) in [5.74, 6) is 0. The monoisotopic (exact) mass is 240 g/mol. The Morgan fingerprint density at radius 1 is 1.50 bits per heavy atom. The molecule has 0 aromatic carbocycles. The van der Waals surface area contributed by atoms with E-state index in [0.29, 0.717) is 18.2 Å². The fourth-order valence-electron chi connectivity index (χ4n) is 2.41. The molecule has 0 spiro atoms. The Balaban J connectivity index is 1.92. The van der Waals surface area contributed by atoms with Crippen LogP contribution in [0.1, 0.15) is 44.3 Å². The van der Waals surface area contributed by atoms with Crippen LogP contribution in [0.25, 0.3) is 0 Å². The van der Waals surface area contributed by atoms with Crippen LogP contribution < -0.4 is 5.32 Å². The Labute approximate surface area is 101 Å². The third-order valence-corrected chi connectivity index (χ3v) is 3.97. The summed E-state index contributed by atoms with van der Waals surface area (Å²) in [6.45, 7) is 2.18. The van der Waals surface area contributed by atoms with Crippen LogP contribution in [0, 0.1) is 0 Å². The molecule has 1 aromatic rings. The van der Waals surface area contributed by atoms with Crippen LogP contribution in [0.4, 0.5) is 0 Å². The number of hydrogen-bond acceptors (Lipinski definition) is 4. The minimum atomic E-state index is 0.326. The van der Waals surface area contributed by atoms with Crippen molar-refractivity contribution in [2.75, 3.05) is 7.11 Å². The summed E-state index contributed by atoms with van der Waals surface area (Å²) in [6, 6.07) is 0.808. The van der Waals surface area contributed by atoms with Gasteiger partial charge in [0.05, 0.1) is 17.3 Å². The molecule has 16 heavy (non-hydrogen) atoms. The lowest BCUT2D eigenvalue weighted by Gasteiger charge is -2.33. The maximum absolute atomic E-state index is 5.54. The van der Waals surface area contributed by atoms with Crippen LogP contribution in [-0.4, -0.2) is 24.2 Å². The smallest absolute Gasteiger partial charge is 0.0795 e. The van der Waals surface area contributed by atoms with Gasteiger partial charge in [0.2, 0.25) is 0 Å². The molecule has 3 unspecified atom stereocenters. The molecule has 2 rings (SSSR count). The van der Waals surface area contributed by atoms with Crippen molar-refractivity contribution in [3.05, 3.63) is 16.6 Å². The molecule has 1 aromatic heterocycles. The Hall–Kier alpha value is -0.450. The third-order valence-electron chi connectivity index (χ3n) is 3.36. The number of hydrogen-bond donors (Lipinski definition) is 1. The summed E-state index contributed by atoms with van der Waals surface area (Å²) in [4.78, 5) is 4.35. The van der Waals surface area contributed by atoms with Gasteiger partial charge < -0.3 is 10.1 Å². The average molecular weight is 240 g/mol. The van der Waals surface area contributed by atoms with E-state index in [4.69, 9.17) is 4.74 Å². The second-order valence-corrected chi connectivity index (χ2v) is 5.19. The number of nitrogens with one attached hydrogen (secondary N) is 1. The van der Waals surface area contributed by atoms with Gasteiger partial charge in [-0.3, -0.25) is 0 Å². The van der Waals surface area contributed by atoms with Gasteiger partial charge in [0.25, 0.3) is 0 Å². The lowest BCUT2D eigenvalue weighted by molar-refractivity contribution is 0.0382. The highest BCUT2D eigenvalue weighted by Crippen LogP contribution is 2.23. The number of aromatic nitrogens is 1. The lowest BCUT2D eigenvalue weighted by Crippen LogP contribution is -2.44. The number of thiazole rings is 1. The summed E-state index contributed by atoms with van der Waals surface area (Å²) in [6.07, 6.45) is 5.36. The zero-order valence-electron chi connectivity index (χ0n) is 9.98. The zero-order chi connectivity index (χ0) is 11.4. The second-order valence-electron chi connectivity index (χ2n) is 4.47. The molecule has 1 aliphatic carbocycles. The van der Waals surface area contributed by atoms with E-state index >= 15 is 0 Å². The van der Waals surface area contributed by atoms with Gasteiger partial charge in [-0.05, 0) is 19.8 Å². The van der Waals surface area contributed by atoms with Crippen LogP contribution >= 0.6 is 11.3 Å². The first-order chi connectivity index (χ1) is 7.81. The van der Waals surface area contributed by atoms with E-state index < -0.39 is 0 Å². The van der Waals surface area contributed by atoms with Crippen LogP contribution in [-0.2, 0) is 4.74 Å². The third kappa shape index (κ3) is 2.81. The van der Waals surface area contributed by atoms with E-state index in [2.05, 4.69) is 22.6 Å². The van der Waals surface area contributed by atoms with Crippen molar-refractivity contribution in [2.24, 2.45) is 0 Å². The molecule has 0 bridgehead atoms. The van der Waals surface area contributed by atoms with Crippen molar-refractivity contribution in [1.29, 1.82) is 0 Å². The van der Waals surface area contributed by atoms with Gasteiger partial charge in [0.15, 0.2) is 0 Å². The minimum absolute atomic E-state index is 0.326. The predicted octanol–water partition coefficient (Wildman–Crippen LogP) is 2.75. The van der Waals surface area contributed by atoms with E-state index in [0.717, 1.165) is 5.69 Å². The normalized spacial score (nSPS) is 27.9. The van der Waals surface area contributed by atoms with Crippen molar-refractivity contribution >= 4 is 11.3 Å². The van der Waals surface area contributed by atoms with Crippen LogP contribution in [0.2, 0.25) is 0 Å². The molecule has 0 aliphatic heterocycles. The lowest BCUT2D eigenvalue weighted by atomic mass is 9.92. The van der Waals surface area contributed by atoms with E-state index in [-0.39, 0.29) is 0 Å². The molecule has 4 heteroatoms. The van der Waals surface area contributed by atoms with Gasteiger partial charge in [-0.1, -0.05) is 12.8 Å². The van der Waals surface area contributed by atoms with Crippen molar-refractivity contribution in [2.45, 2.75) is 50.8 Å². The molecule has 1 fully saturated rings. The van der Waals surface area contributed by atoms with Gasteiger partial charge >= 0.3 is 0 Å². The van der Waals surface area contributed by atoms with Crippen molar-refractivity contribution in [3.63, 3.8) is 0 Å². The maximum Gasteiger partial charge on any atom is 0.0795 e. The van der Waals surface area contributed by atoms with E-state index in [1.165, 1.54) is 25.7 Å². The molecule has 1 N–H and O–H groups in total. The first-order valence-corrected chi connectivity index (χ1v) is 6.92. The first kappa shape index (κ1) is 12.0. The number of nitrogens with zero attached hydrogens (tertiary/aromatic N) is 1. The highest BCUT2D eigenvalue weighted by atomic mass is 32.1. The topological polar surface area (TPSA) is 34.1 Å². The largest absolute Gasteiger partial charge is 0.380 e. The minimum Gasteiger partial charge on any atom is -0.380 e. The maximum atomic E-state index is 5.54. The summed E-state index contributed by atoms with van der Waals surface area (Å²) < 4.78 is 5.54. The summed E-state index contributed by atoms with van der Waals surface area (Å²) in [5.41, 5.74) is 3.03. The summed E-state index contributed by atoms with van der Waals surface area (Å²) >= 11 is 1.65. The van der Waals surface area contributed by atoms with E-state index in [1.54, 1.807) is 11.3 Å². The second kappa shape index (κ2) is 5.75. The summed E-state index contributed by atoms with van der Waals surface area (Å²) in [7, 11) is 1.82. The van der Waals surface area contributed by atoms with Gasteiger partial charge in [0.1, 0.15) is 0 Å². The molecule has 0 saturated heterocycles. The van der Waals surface area contributed by atoms with Crippen molar-refractivity contribution < 1.29 is 4.74 Å². The van der Waals surface area contributed by atoms with Gasteiger partial charge in [-0.2, -0.15) is 0 Å². The SMILES string of the molecule is COC1CCCCC1NC(C)c1cscn1.